The lowest BCUT2D eigenvalue weighted by molar-refractivity contribution is 0.304. The molecule has 20 heavy (non-hydrogen) atoms. The summed E-state index contributed by atoms with van der Waals surface area (Å²) in [4.78, 5) is 10.7. The molecule has 0 spiro atoms. The van der Waals surface area contributed by atoms with Crippen LogP contribution in [0.3, 0.4) is 0 Å². The zero-order chi connectivity index (χ0) is 14.6. The molecular weight excluding hydrogens is 266 g/mol. The standard InChI is InChI=1S/C16H27N3S/c1-18(2)15(19(3)4)17-13-16(10-6-5-7-11-16)14-9-8-12-20-14/h8-9,12H,5-7,10-11,13H2,1-4H3. The zero-order valence-electron chi connectivity index (χ0n) is 13.2. The van der Waals surface area contributed by atoms with Gasteiger partial charge in [-0.3, -0.25) is 4.99 Å². The summed E-state index contributed by atoms with van der Waals surface area (Å²) < 4.78 is 0. The Hall–Kier alpha value is -1.03. The molecule has 0 aliphatic heterocycles. The van der Waals surface area contributed by atoms with Gasteiger partial charge in [0, 0.05) is 38.5 Å². The number of guanidine groups is 1. The van der Waals surface area contributed by atoms with E-state index < -0.39 is 0 Å². The molecule has 1 fully saturated rings. The van der Waals surface area contributed by atoms with Crippen LogP contribution in [0.25, 0.3) is 0 Å². The van der Waals surface area contributed by atoms with E-state index in [2.05, 4.69) is 55.5 Å². The average Bonchev–Trinajstić information content (AvgIpc) is 2.93. The van der Waals surface area contributed by atoms with Gasteiger partial charge in [-0.25, -0.2) is 0 Å². The highest BCUT2D eigenvalue weighted by Crippen LogP contribution is 2.41. The summed E-state index contributed by atoms with van der Waals surface area (Å²) in [6.07, 6.45) is 6.63. The minimum Gasteiger partial charge on any atom is -0.349 e. The topological polar surface area (TPSA) is 18.8 Å². The number of nitrogens with zero attached hydrogens (tertiary/aromatic N) is 3. The number of aliphatic imine (C=N–C) groups is 1. The van der Waals surface area contributed by atoms with E-state index in [4.69, 9.17) is 4.99 Å². The number of hydrogen-bond donors (Lipinski definition) is 0. The van der Waals surface area contributed by atoms with Gasteiger partial charge >= 0.3 is 0 Å². The second kappa shape index (κ2) is 6.61. The van der Waals surface area contributed by atoms with E-state index in [9.17, 15) is 0 Å². The van der Waals surface area contributed by atoms with Crippen LogP contribution in [0.15, 0.2) is 22.5 Å². The van der Waals surface area contributed by atoms with Crippen LogP contribution in [0.2, 0.25) is 0 Å². The van der Waals surface area contributed by atoms with Crippen LogP contribution in [0, 0.1) is 0 Å². The van der Waals surface area contributed by atoms with E-state index in [1.165, 1.54) is 37.0 Å². The van der Waals surface area contributed by atoms with Crippen molar-refractivity contribution in [2.75, 3.05) is 34.7 Å². The Kier molecular flexibility index (Phi) is 5.08. The molecule has 1 aromatic heterocycles. The van der Waals surface area contributed by atoms with Crippen molar-refractivity contribution in [3.63, 3.8) is 0 Å². The summed E-state index contributed by atoms with van der Waals surface area (Å²) >= 11 is 1.90. The smallest absolute Gasteiger partial charge is 0.195 e. The van der Waals surface area contributed by atoms with E-state index in [0.717, 1.165) is 12.5 Å². The fourth-order valence-electron chi connectivity index (χ4n) is 3.20. The Labute approximate surface area is 127 Å². The summed E-state index contributed by atoms with van der Waals surface area (Å²) in [5, 5.41) is 2.20. The maximum atomic E-state index is 4.95. The molecule has 112 valence electrons. The van der Waals surface area contributed by atoms with Gasteiger partial charge in [0.2, 0.25) is 0 Å². The molecule has 2 rings (SSSR count). The quantitative estimate of drug-likeness (QED) is 0.628. The minimum absolute atomic E-state index is 0.281. The van der Waals surface area contributed by atoms with E-state index in [0.29, 0.717) is 0 Å². The fraction of sp³-hybridized carbons (Fsp3) is 0.688. The molecule has 0 atom stereocenters. The first-order valence-electron chi connectivity index (χ1n) is 7.48. The van der Waals surface area contributed by atoms with Gasteiger partial charge < -0.3 is 9.80 Å². The summed E-state index contributed by atoms with van der Waals surface area (Å²) in [6, 6.07) is 4.48. The van der Waals surface area contributed by atoms with Crippen molar-refractivity contribution in [2.24, 2.45) is 4.99 Å². The average molecular weight is 293 g/mol. The van der Waals surface area contributed by atoms with Gasteiger partial charge in [-0.2, -0.15) is 0 Å². The highest BCUT2D eigenvalue weighted by molar-refractivity contribution is 7.10. The van der Waals surface area contributed by atoms with Crippen LogP contribution < -0.4 is 0 Å². The highest BCUT2D eigenvalue weighted by Gasteiger charge is 2.34. The molecule has 3 nitrogen and oxygen atoms in total. The maximum Gasteiger partial charge on any atom is 0.195 e. The second-order valence-electron chi connectivity index (χ2n) is 6.22. The predicted octanol–water partition coefficient (Wildman–Crippen LogP) is 3.43. The molecule has 0 aromatic carbocycles. The highest BCUT2D eigenvalue weighted by atomic mass is 32.1. The van der Waals surface area contributed by atoms with Crippen molar-refractivity contribution >= 4 is 17.3 Å². The van der Waals surface area contributed by atoms with Gasteiger partial charge in [-0.1, -0.05) is 25.3 Å². The summed E-state index contributed by atoms with van der Waals surface area (Å²) in [6.45, 7) is 0.916. The molecule has 1 aliphatic carbocycles. The number of rotatable bonds is 3. The molecule has 1 aromatic rings. The van der Waals surface area contributed by atoms with Gasteiger partial charge in [0.15, 0.2) is 5.96 Å². The Morgan fingerprint density at radius 2 is 1.80 bits per heavy atom. The van der Waals surface area contributed by atoms with Gasteiger partial charge in [0.05, 0.1) is 6.54 Å². The summed E-state index contributed by atoms with van der Waals surface area (Å²) in [7, 11) is 8.27. The van der Waals surface area contributed by atoms with Crippen LogP contribution in [0.5, 0.6) is 0 Å². The molecule has 0 amide bonds. The third-order valence-corrected chi connectivity index (χ3v) is 5.29. The lowest BCUT2D eigenvalue weighted by atomic mass is 9.73. The van der Waals surface area contributed by atoms with Gasteiger partial charge in [0.1, 0.15) is 0 Å². The monoisotopic (exact) mass is 293 g/mol. The second-order valence-corrected chi connectivity index (χ2v) is 7.17. The van der Waals surface area contributed by atoms with Crippen molar-refractivity contribution < 1.29 is 0 Å². The molecule has 0 saturated heterocycles. The third kappa shape index (κ3) is 3.35. The first kappa shape index (κ1) is 15.4. The Balaban J connectivity index is 2.23. The van der Waals surface area contributed by atoms with Crippen LogP contribution in [-0.4, -0.2) is 50.5 Å². The lowest BCUT2D eigenvalue weighted by Crippen LogP contribution is -2.38. The number of thiophene rings is 1. The van der Waals surface area contributed by atoms with Gasteiger partial charge in [-0.15, -0.1) is 11.3 Å². The van der Waals surface area contributed by atoms with E-state index in [1.54, 1.807) is 0 Å². The predicted molar refractivity (Wildman–Crippen MR) is 88.8 cm³/mol. The molecule has 1 saturated carbocycles. The number of hydrogen-bond acceptors (Lipinski definition) is 2. The van der Waals surface area contributed by atoms with E-state index in [1.807, 2.05) is 11.3 Å². The Bertz CT molecular complexity index is 419. The molecule has 4 heteroatoms. The summed E-state index contributed by atoms with van der Waals surface area (Å²) in [5.74, 6) is 1.06. The SMILES string of the molecule is CN(C)C(=NCC1(c2cccs2)CCCCC1)N(C)C. The van der Waals surface area contributed by atoms with Gasteiger partial charge in [-0.05, 0) is 24.3 Å². The molecule has 1 aliphatic rings. The molecular formula is C16H27N3S. The third-order valence-electron chi connectivity index (χ3n) is 4.18. The Morgan fingerprint density at radius 3 is 2.30 bits per heavy atom. The van der Waals surface area contributed by atoms with Crippen LogP contribution in [0.4, 0.5) is 0 Å². The largest absolute Gasteiger partial charge is 0.349 e. The maximum absolute atomic E-state index is 4.95. The molecule has 0 bridgehead atoms. The normalized spacial score (nSPS) is 17.6. The summed E-state index contributed by atoms with van der Waals surface area (Å²) in [5.41, 5.74) is 0.281. The molecule has 0 N–H and O–H groups in total. The van der Waals surface area contributed by atoms with Crippen molar-refractivity contribution in [3.05, 3.63) is 22.4 Å². The van der Waals surface area contributed by atoms with Crippen LogP contribution in [0.1, 0.15) is 37.0 Å². The van der Waals surface area contributed by atoms with E-state index in [-0.39, 0.29) is 5.41 Å². The van der Waals surface area contributed by atoms with E-state index >= 15 is 0 Å². The molecule has 1 heterocycles. The molecule has 0 unspecified atom stereocenters. The van der Waals surface area contributed by atoms with Crippen molar-refractivity contribution in [1.29, 1.82) is 0 Å². The first-order chi connectivity index (χ1) is 9.55. The zero-order valence-corrected chi connectivity index (χ0v) is 14.0. The Morgan fingerprint density at radius 1 is 1.15 bits per heavy atom. The first-order valence-corrected chi connectivity index (χ1v) is 8.36. The van der Waals surface area contributed by atoms with Crippen molar-refractivity contribution in [3.8, 4) is 0 Å². The lowest BCUT2D eigenvalue weighted by Gasteiger charge is -2.36. The van der Waals surface area contributed by atoms with Gasteiger partial charge in [0.25, 0.3) is 0 Å². The van der Waals surface area contributed by atoms with Crippen molar-refractivity contribution in [2.45, 2.75) is 37.5 Å². The van der Waals surface area contributed by atoms with Crippen LogP contribution >= 0.6 is 11.3 Å². The fourth-order valence-corrected chi connectivity index (χ4v) is 4.18. The van der Waals surface area contributed by atoms with Crippen LogP contribution in [-0.2, 0) is 5.41 Å². The van der Waals surface area contributed by atoms with Crippen molar-refractivity contribution in [1.82, 2.24) is 9.80 Å². The minimum atomic E-state index is 0.281. The molecule has 0 radical (unpaired) electrons.